The van der Waals surface area contributed by atoms with Crippen molar-refractivity contribution in [2.24, 2.45) is 0 Å². The average molecular weight is 481 g/mol. The van der Waals surface area contributed by atoms with Crippen molar-refractivity contribution in [1.29, 1.82) is 0 Å². The van der Waals surface area contributed by atoms with Crippen LogP contribution in [-0.2, 0) is 11.3 Å². The number of hydrogen-bond acceptors (Lipinski definition) is 6. The van der Waals surface area contributed by atoms with Crippen LogP contribution in [0.3, 0.4) is 0 Å². The minimum absolute atomic E-state index is 0.119. The molecule has 0 spiro atoms. The van der Waals surface area contributed by atoms with Crippen molar-refractivity contribution in [2.75, 3.05) is 14.2 Å². The van der Waals surface area contributed by atoms with Gasteiger partial charge in [-0.1, -0.05) is 6.07 Å². The Balaban J connectivity index is 1.72. The molecule has 5 nitrogen and oxygen atoms in total. The quantitative estimate of drug-likeness (QED) is 0.375. The van der Waals surface area contributed by atoms with E-state index in [-0.39, 0.29) is 12.6 Å². The van der Waals surface area contributed by atoms with Gasteiger partial charge in [-0.25, -0.2) is 9.78 Å². The van der Waals surface area contributed by atoms with E-state index in [4.69, 9.17) is 14.2 Å². The van der Waals surface area contributed by atoms with E-state index in [9.17, 15) is 4.79 Å². The number of esters is 1. The maximum Gasteiger partial charge on any atom is 0.338 e. The van der Waals surface area contributed by atoms with E-state index >= 15 is 0 Å². The molecule has 0 aliphatic heterocycles. The minimum atomic E-state index is -0.366. The van der Waals surface area contributed by atoms with Crippen molar-refractivity contribution in [3.05, 3.63) is 62.7 Å². The molecule has 7 heteroatoms. The third-order valence-corrected chi connectivity index (χ3v) is 5.26. The number of benzene rings is 2. The molecule has 0 aliphatic carbocycles. The van der Waals surface area contributed by atoms with Gasteiger partial charge in [-0.15, -0.1) is 11.3 Å². The first-order valence-electron chi connectivity index (χ1n) is 7.71. The molecule has 1 aromatic heterocycles. The van der Waals surface area contributed by atoms with Crippen LogP contribution in [0.25, 0.3) is 10.6 Å². The fourth-order valence-corrected chi connectivity index (χ4v) is 3.55. The summed E-state index contributed by atoms with van der Waals surface area (Å²) in [6.07, 6.45) is 0. The number of ether oxygens (including phenoxy) is 3. The summed E-state index contributed by atoms with van der Waals surface area (Å²) in [6.45, 7) is 0.119. The van der Waals surface area contributed by atoms with E-state index in [1.54, 1.807) is 26.4 Å². The number of methoxy groups -OCH3 is 2. The highest BCUT2D eigenvalue weighted by atomic mass is 127. The van der Waals surface area contributed by atoms with Crippen LogP contribution >= 0.6 is 33.9 Å². The van der Waals surface area contributed by atoms with Gasteiger partial charge in [-0.05, 0) is 59.0 Å². The third kappa shape index (κ3) is 4.16. The summed E-state index contributed by atoms with van der Waals surface area (Å²) in [5.74, 6) is 0.911. The van der Waals surface area contributed by atoms with E-state index in [1.807, 2.05) is 35.7 Å². The Kier molecular flexibility index (Phi) is 6.10. The monoisotopic (exact) mass is 481 g/mol. The Morgan fingerprint density at radius 2 is 1.88 bits per heavy atom. The number of para-hydroxylation sites is 1. The van der Waals surface area contributed by atoms with Gasteiger partial charge in [0.15, 0.2) is 11.5 Å². The van der Waals surface area contributed by atoms with Gasteiger partial charge in [0, 0.05) is 8.95 Å². The van der Waals surface area contributed by atoms with Gasteiger partial charge < -0.3 is 14.2 Å². The molecule has 0 fully saturated rings. The number of hydrogen-bond donors (Lipinski definition) is 0. The standard InChI is InChI=1S/C19H16INO4S/c1-23-16-5-3-4-15(17(16)24-2)18-21-14(11-26-18)10-25-19(22)12-6-8-13(20)9-7-12/h3-9,11H,10H2,1-2H3. The van der Waals surface area contributed by atoms with Gasteiger partial charge in [0.05, 0.1) is 31.0 Å². The molecule has 3 aromatic rings. The van der Waals surface area contributed by atoms with Crippen molar-refractivity contribution in [3.63, 3.8) is 0 Å². The van der Waals surface area contributed by atoms with Gasteiger partial charge in [-0.2, -0.15) is 0 Å². The molecule has 0 N–H and O–H groups in total. The maximum absolute atomic E-state index is 12.1. The van der Waals surface area contributed by atoms with Crippen LogP contribution in [0, 0.1) is 3.57 Å². The SMILES string of the molecule is COc1cccc(-c2nc(COC(=O)c3ccc(I)cc3)cs2)c1OC. The molecule has 1 heterocycles. The molecular weight excluding hydrogens is 465 g/mol. The zero-order chi connectivity index (χ0) is 18.5. The van der Waals surface area contributed by atoms with Crippen molar-refractivity contribution in [3.8, 4) is 22.1 Å². The number of halogens is 1. The van der Waals surface area contributed by atoms with Crippen LogP contribution in [0.5, 0.6) is 11.5 Å². The lowest BCUT2D eigenvalue weighted by Crippen LogP contribution is -2.05. The van der Waals surface area contributed by atoms with Crippen LogP contribution in [0.15, 0.2) is 47.8 Å². The van der Waals surface area contributed by atoms with Crippen LogP contribution < -0.4 is 9.47 Å². The molecule has 2 aromatic carbocycles. The predicted octanol–water partition coefficient (Wildman–Crippen LogP) is 4.79. The van der Waals surface area contributed by atoms with Crippen LogP contribution in [0.4, 0.5) is 0 Å². The predicted molar refractivity (Wildman–Crippen MR) is 109 cm³/mol. The van der Waals surface area contributed by atoms with Crippen LogP contribution in [-0.4, -0.2) is 25.2 Å². The molecule has 0 saturated heterocycles. The highest BCUT2D eigenvalue weighted by Gasteiger charge is 2.15. The summed E-state index contributed by atoms with van der Waals surface area (Å²) in [4.78, 5) is 16.7. The van der Waals surface area contributed by atoms with Crippen molar-refractivity contribution in [2.45, 2.75) is 6.61 Å². The number of nitrogens with zero attached hydrogens (tertiary/aromatic N) is 1. The molecule has 0 radical (unpaired) electrons. The third-order valence-electron chi connectivity index (χ3n) is 3.62. The molecule has 0 saturated carbocycles. The van der Waals surface area contributed by atoms with Gasteiger partial charge >= 0.3 is 5.97 Å². The minimum Gasteiger partial charge on any atom is -0.493 e. The normalized spacial score (nSPS) is 10.4. The van der Waals surface area contributed by atoms with Gasteiger partial charge in [0.25, 0.3) is 0 Å². The van der Waals surface area contributed by atoms with Crippen LogP contribution in [0.1, 0.15) is 16.1 Å². The molecule has 0 atom stereocenters. The lowest BCUT2D eigenvalue weighted by Gasteiger charge is -2.10. The fraction of sp³-hybridized carbons (Fsp3) is 0.158. The second-order valence-electron chi connectivity index (χ2n) is 5.27. The molecule has 0 amide bonds. The van der Waals surface area contributed by atoms with Crippen LogP contribution in [0.2, 0.25) is 0 Å². The first-order valence-corrected chi connectivity index (χ1v) is 9.66. The molecule has 0 aliphatic rings. The molecule has 134 valence electrons. The smallest absolute Gasteiger partial charge is 0.338 e. The van der Waals surface area contributed by atoms with E-state index in [0.29, 0.717) is 22.8 Å². The van der Waals surface area contributed by atoms with E-state index in [1.165, 1.54) is 11.3 Å². The number of aromatic nitrogens is 1. The van der Waals surface area contributed by atoms with E-state index in [0.717, 1.165) is 14.1 Å². The van der Waals surface area contributed by atoms with E-state index < -0.39 is 0 Å². The largest absolute Gasteiger partial charge is 0.493 e. The van der Waals surface area contributed by atoms with Crippen molar-refractivity contribution >= 4 is 39.9 Å². The fourth-order valence-electron chi connectivity index (χ4n) is 2.36. The number of carbonyl (C=O) groups is 1. The summed E-state index contributed by atoms with van der Waals surface area (Å²) in [7, 11) is 3.19. The number of thiazole rings is 1. The van der Waals surface area contributed by atoms with Gasteiger partial charge in [0.2, 0.25) is 0 Å². The van der Waals surface area contributed by atoms with Crippen molar-refractivity contribution in [1.82, 2.24) is 4.98 Å². The Bertz CT molecular complexity index is 908. The number of carbonyl (C=O) groups excluding carboxylic acids is 1. The molecule has 0 unspecified atom stereocenters. The second-order valence-corrected chi connectivity index (χ2v) is 7.37. The summed E-state index contributed by atoms with van der Waals surface area (Å²) < 4.78 is 17.2. The van der Waals surface area contributed by atoms with Gasteiger partial charge in [-0.3, -0.25) is 0 Å². The Morgan fingerprint density at radius 3 is 2.58 bits per heavy atom. The summed E-state index contributed by atoms with van der Waals surface area (Å²) >= 11 is 3.65. The number of rotatable bonds is 6. The molecule has 0 bridgehead atoms. The zero-order valence-corrected chi connectivity index (χ0v) is 17.2. The van der Waals surface area contributed by atoms with Gasteiger partial charge in [0.1, 0.15) is 11.6 Å². The zero-order valence-electron chi connectivity index (χ0n) is 14.2. The summed E-state index contributed by atoms with van der Waals surface area (Å²) in [5.41, 5.74) is 2.05. The lowest BCUT2D eigenvalue weighted by atomic mass is 10.2. The Morgan fingerprint density at radius 1 is 1.12 bits per heavy atom. The highest BCUT2D eigenvalue weighted by Crippen LogP contribution is 2.39. The molecular formula is C19H16INO4S. The lowest BCUT2D eigenvalue weighted by molar-refractivity contribution is 0.0468. The first kappa shape index (κ1) is 18.7. The first-order chi connectivity index (χ1) is 12.6. The summed E-state index contributed by atoms with van der Waals surface area (Å²) in [6, 6.07) is 12.9. The molecule has 26 heavy (non-hydrogen) atoms. The average Bonchev–Trinajstić information content (AvgIpc) is 3.14. The molecule has 3 rings (SSSR count). The Labute approximate surface area is 169 Å². The van der Waals surface area contributed by atoms with Crippen molar-refractivity contribution < 1.29 is 19.0 Å². The highest BCUT2D eigenvalue weighted by molar-refractivity contribution is 14.1. The second kappa shape index (κ2) is 8.50. The topological polar surface area (TPSA) is 57.7 Å². The Hall–Kier alpha value is -2.13. The maximum atomic E-state index is 12.1. The van der Waals surface area contributed by atoms with E-state index in [2.05, 4.69) is 27.6 Å². The summed E-state index contributed by atoms with van der Waals surface area (Å²) in [5, 5.41) is 2.65.